The summed E-state index contributed by atoms with van der Waals surface area (Å²) in [7, 11) is 0. The minimum Gasteiger partial charge on any atom is -0.385 e. The highest BCUT2D eigenvalue weighted by Crippen LogP contribution is 2.27. The molecule has 4 nitrogen and oxygen atoms in total. The Labute approximate surface area is 118 Å². The minimum atomic E-state index is -0.806. The van der Waals surface area contributed by atoms with Gasteiger partial charge in [0.05, 0.1) is 11.6 Å². The number of aliphatic hydroxyl groups is 1. The molecule has 0 saturated carbocycles. The van der Waals surface area contributed by atoms with Crippen molar-refractivity contribution in [2.75, 3.05) is 18.5 Å². The highest BCUT2D eigenvalue weighted by molar-refractivity contribution is 5.81. The van der Waals surface area contributed by atoms with E-state index in [0.29, 0.717) is 19.6 Å². The number of hydrogen-bond donors (Lipinski definition) is 2. The van der Waals surface area contributed by atoms with Crippen molar-refractivity contribution in [1.29, 1.82) is 0 Å². The van der Waals surface area contributed by atoms with Gasteiger partial charge in [0.25, 0.3) is 0 Å². The van der Waals surface area contributed by atoms with Gasteiger partial charge in [0.15, 0.2) is 0 Å². The summed E-state index contributed by atoms with van der Waals surface area (Å²) >= 11 is 0. The van der Waals surface area contributed by atoms with Gasteiger partial charge in [-0.15, -0.1) is 0 Å². The first-order chi connectivity index (χ1) is 9.58. The quantitative estimate of drug-likeness (QED) is 0.901. The fourth-order valence-electron chi connectivity index (χ4n) is 2.64. The Kier molecular flexibility index (Phi) is 3.36. The van der Waals surface area contributed by atoms with Gasteiger partial charge in [0.1, 0.15) is 11.4 Å². The zero-order chi connectivity index (χ0) is 14.2. The molecule has 1 fully saturated rings. The van der Waals surface area contributed by atoms with E-state index < -0.39 is 5.60 Å². The monoisotopic (exact) mass is 272 g/mol. The normalized spacial score (nSPS) is 26.1. The van der Waals surface area contributed by atoms with E-state index in [-0.39, 0.29) is 6.10 Å². The summed E-state index contributed by atoms with van der Waals surface area (Å²) < 4.78 is 5.45. The Balaban J connectivity index is 1.82. The van der Waals surface area contributed by atoms with Gasteiger partial charge in [-0.3, -0.25) is 0 Å². The van der Waals surface area contributed by atoms with Gasteiger partial charge in [-0.05, 0) is 31.5 Å². The van der Waals surface area contributed by atoms with Crippen molar-refractivity contribution in [1.82, 2.24) is 4.98 Å². The largest absolute Gasteiger partial charge is 0.385 e. The highest BCUT2D eigenvalue weighted by Gasteiger charge is 2.39. The van der Waals surface area contributed by atoms with Crippen LogP contribution in [0.15, 0.2) is 30.3 Å². The van der Waals surface area contributed by atoms with Crippen LogP contribution in [0.25, 0.3) is 10.9 Å². The lowest BCUT2D eigenvalue weighted by atomic mass is 9.96. The summed E-state index contributed by atoms with van der Waals surface area (Å²) in [6.07, 6.45) is 0.518. The predicted octanol–water partition coefficient (Wildman–Crippen LogP) is 2.50. The first-order valence-corrected chi connectivity index (χ1v) is 7.03. The van der Waals surface area contributed by atoms with Crippen LogP contribution in [-0.4, -0.2) is 34.9 Å². The number of aryl methyl sites for hydroxylation is 1. The van der Waals surface area contributed by atoms with Crippen molar-refractivity contribution in [3.8, 4) is 0 Å². The zero-order valence-electron chi connectivity index (χ0n) is 11.9. The third kappa shape index (κ3) is 2.37. The SMILES string of the molecule is Cc1cc2ccccc2nc1NCC1(O)CCOC1C. The maximum Gasteiger partial charge on any atom is 0.129 e. The maximum atomic E-state index is 10.5. The van der Waals surface area contributed by atoms with Crippen LogP contribution >= 0.6 is 0 Å². The van der Waals surface area contributed by atoms with Gasteiger partial charge < -0.3 is 15.2 Å². The average Bonchev–Trinajstić information content (AvgIpc) is 2.77. The fourth-order valence-corrected chi connectivity index (χ4v) is 2.64. The van der Waals surface area contributed by atoms with Crippen molar-refractivity contribution in [2.45, 2.75) is 32.0 Å². The number of aromatic nitrogens is 1. The molecule has 2 N–H and O–H groups in total. The molecule has 0 radical (unpaired) electrons. The predicted molar refractivity (Wildman–Crippen MR) is 80.0 cm³/mol. The number of anilines is 1. The molecule has 106 valence electrons. The molecule has 2 heterocycles. The standard InChI is InChI=1S/C16H20N2O2/c1-11-9-13-5-3-4-6-14(13)18-15(11)17-10-16(19)7-8-20-12(16)2/h3-6,9,12,19H,7-8,10H2,1-2H3,(H,17,18). The summed E-state index contributed by atoms with van der Waals surface area (Å²) in [6, 6.07) is 10.2. The van der Waals surface area contributed by atoms with Crippen LogP contribution in [0.2, 0.25) is 0 Å². The molecule has 20 heavy (non-hydrogen) atoms. The molecule has 1 aliphatic rings. The lowest BCUT2D eigenvalue weighted by Crippen LogP contribution is -2.43. The van der Waals surface area contributed by atoms with Gasteiger partial charge in [-0.1, -0.05) is 18.2 Å². The molecule has 3 rings (SSSR count). The second-order valence-corrected chi connectivity index (χ2v) is 5.57. The van der Waals surface area contributed by atoms with E-state index >= 15 is 0 Å². The van der Waals surface area contributed by atoms with E-state index in [0.717, 1.165) is 22.3 Å². The molecule has 0 amide bonds. The Hall–Kier alpha value is -1.65. The number of fused-ring (bicyclic) bond motifs is 1. The molecule has 0 aliphatic carbocycles. The van der Waals surface area contributed by atoms with Gasteiger partial charge in [-0.2, -0.15) is 0 Å². The van der Waals surface area contributed by atoms with Crippen LogP contribution in [0.4, 0.5) is 5.82 Å². The van der Waals surface area contributed by atoms with Crippen LogP contribution in [0.3, 0.4) is 0 Å². The first-order valence-electron chi connectivity index (χ1n) is 7.03. The maximum absolute atomic E-state index is 10.5. The Morgan fingerprint density at radius 2 is 2.25 bits per heavy atom. The second-order valence-electron chi connectivity index (χ2n) is 5.57. The molecule has 2 aromatic rings. The molecule has 1 aliphatic heterocycles. The third-order valence-electron chi connectivity index (χ3n) is 4.14. The van der Waals surface area contributed by atoms with Crippen LogP contribution < -0.4 is 5.32 Å². The van der Waals surface area contributed by atoms with Crippen molar-refractivity contribution in [3.05, 3.63) is 35.9 Å². The van der Waals surface area contributed by atoms with Gasteiger partial charge in [0.2, 0.25) is 0 Å². The van der Waals surface area contributed by atoms with E-state index in [1.165, 1.54) is 0 Å². The molecule has 0 bridgehead atoms. The first kappa shape index (κ1) is 13.3. The van der Waals surface area contributed by atoms with Crippen molar-refractivity contribution < 1.29 is 9.84 Å². The second kappa shape index (κ2) is 5.04. The summed E-state index contributed by atoms with van der Waals surface area (Å²) in [6.45, 7) is 5.01. The lowest BCUT2D eigenvalue weighted by molar-refractivity contribution is -0.0176. The third-order valence-corrected chi connectivity index (χ3v) is 4.14. The number of nitrogens with one attached hydrogen (secondary N) is 1. The van der Waals surface area contributed by atoms with E-state index in [2.05, 4.69) is 22.4 Å². The number of nitrogens with zero attached hydrogens (tertiary/aromatic N) is 1. The summed E-state index contributed by atoms with van der Waals surface area (Å²) in [4.78, 5) is 4.63. The van der Waals surface area contributed by atoms with Crippen molar-refractivity contribution in [3.63, 3.8) is 0 Å². The summed E-state index contributed by atoms with van der Waals surface area (Å²) in [5, 5.41) is 14.9. The van der Waals surface area contributed by atoms with Crippen LogP contribution in [0.1, 0.15) is 18.9 Å². The van der Waals surface area contributed by atoms with E-state index in [4.69, 9.17) is 4.74 Å². The van der Waals surface area contributed by atoms with Gasteiger partial charge in [-0.25, -0.2) is 4.98 Å². The summed E-state index contributed by atoms with van der Waals surface area (Å²) in [5.74, 6) is 0.830. The Bertz CT molecular complexity index is 629. The molecule has 1 aromatic carbocycles. The number of ether oxygens (including phenoxy) is 1. The Morgan fingerprint density at radius 1 is 1.45 bits per heavy atom. The lowest BCUT2D eigenvalue weighted by Gasteiger charge is -2.26. The number of pyridine rings is 1. The molecular weight excluding hydrogens is 252 g/mol. The highest BCUT2D eigenvalue weighted by atomic mass is 16.5. The number of hydrogen-bond acceptors (Lipinski definition) is 4. The number of benzene rings is 1. The molecule has 4 heteroatoms. The smallest absolute Gasteiger partial charge is 0.129 e. The molecular formula is C16H20N2O2. The van der Waals surface area contributed by atoms with Crippen molar-refractivity contribution >= 4 is 16.7 Å². The molecule has 0 spiro atoms. The van der Waals surface area contributed by atoms with Crippen molar-refractivity contribution in [2.24, 2.45) is 0 Å². The van der Waals surface area contributed by atoms with E-state index in [9.17, 15) is 5.11 Å². The van der Waals surface area contributed by atoms with Gasteiger partial charge >= 0.3 is 0 Å². The number of para-hydroxylation sites is 1. The molecule has 2 atom stereocenters. The topological polar surface area (TPSA) is 54.4 Å². The van der Waals surface area contributed by atoms with E-state index in [1.54, 1.807) is 0 Å². The van der Waals surface area contributed by atoms with E-state index in [1.807, 2.05) is 32.0 Å². The van der Waals surface area contributed by atoms with Crippen LogP contribution in [0, 0.1) is 6.92 Å². The zero-order valence-corrected chi connectivity index (χ0v) is 11.9. The fraction of sp³-hybridized carbons (Fsp3) is 0.438. The molecule has 1 saturated heterocycles. The van der Waals surface area contributed by atoms with Crippen LogP contribution in [0.5, 0.6) is 0 Å². The van der Waals surface area contributed by atoms with Crippen LogP contribution in [-0.2, 0) is 4.74 Å². The minimum absolute atomic E-state index is 0.143. The number of rotatable bonds is 3. The average molecular weight is 272 g/mol. The Morgan fingerprint density at radius 3 is 3.00 bits per heavy atom. The van der Waals surface area contributed by atoms with Gasteiger partial charge in [0, 0.05) is 25.0 Å². The molecule has 1 aromatic heterocycles. The summed E-state index contributed by atoms with van der Waals surface area (Å²) in [5.41, 5.74) is 1.24. The molecule has 2 unspecified atom stereocenters.